The Bertz CT molecular complexity index is 488. The standard InChI is InChI=1S/C18H22N2/c1-20-12-16(14-8-4-2-5-9-14)18(19)17(13-20)15-10-6-3-7-11-15/h2-11,16-18H,12-13,19H2,1H3. The Morgan fingerprint density at radius 3 is 1.60 bits per heavy atom. The average Bonchev–Trinajstić information content (AvgIpc) is 2.51. The van der Waals surface area contributed by atoms with Crippen molar-refractivity contribution in [2.45, 2.75) is 17.9 Å². The second-order valence-corrected chi connectivity index (χ2v) is 5.83. The second-order valence-electron chi connectivity index (χ2n) is 5.83. The van der Waals surface area contributed by atoms with Crippen LogP contribution in [-0.2, 0) is 0 Å². The van der Waals surface area contributed by atoms with Crippen LogP contribution in [0, 0.1) is 0 Å². The Hall–Kier alpha value is -1.64. The topological polar surface area (TPSA) is 29.3 Å². The van der Waals surface area contributed by atoms with Crippen LogP contribution in [-0.4, -0.2) is 31.1 Å². The maximum atomic E-state index is 6.62. The van der Waals surface area contributed by atoms with Crippen LogP contribution < -0.4 is 5.73 Å². The van der Waals surface area contributed by atoms with Crippen molar-refractivity contribution in [2.75, 3.05) is 20.1 Å². The SMILES string of the molecule is CN1CC(c2ccccc2)C(N)C(c2ccccc2)C1. The molecule has 0 spiro atoms. The molecule has 1 heterocycles. The first-order chi connectivity index (χ1) is 9.75. The summed E-state index contributed by atoms with van der Waals surface area (Å²) in [5.41, 5.74) is 9.33. The molecule has 2 heteroatoms. The molecule has 0 amide bonds. The van der Waals surface area contributed by atoms with Crippen LogP contribution in [0.1, 0.15) is 23.0 Å². The van der Waals surface area contributed by atoms with Crippen molar-refractivity contribution in [1.29, 1.82) is 0 Å². The Kier molecular flexibility index (Phi) is 3.86. The zero-order valence-corrected chi connectivity index (χ0v) is 11.9. The molecule has 1 saturated heterocycles. The predicted molar refractivity (Wildman–Crippen MR) is 83.8 cm³/mol. The normalized spacial score (nSPS) is 27.4. The molecule has 2 aromatic carbocycles. The quantitative estimate of drug-likeness (QED) is 0.905. The van der Waals surface area contributed by atoms with Gasteiger partial charge in [0, 0.05) is 31.0 Å². The summed E-state index contributed by atoms with van der Waals surface area (Å²) in [7, 11) is 2.19. The van der Waals surface area contributed by atoms with Gasteiger partial charge in [-0.1, -0.05) is 60.7 Å². The number of benzene rings is 2. The van der Waals surface area contributed by atoms with Gasteiger partial charge in [0.05, 0.1) is 0 Å². The Morgan fingerprint density at radius 1 is 0.800 bits per heavy atom. The molecule has 2 atom stereocenters. The molecule has 0 aromatic heterocycles. The van der Waals surface area contributed by atoms with E-state index >= 15 is 0 Å². The zero-order chi connectivity index (χ0) is 13.9. The van der Waals surface area contributed by atoms with Gasteiger partial charge in [-0.3, -0.25) is 0 Å². The van der Waals surface area contributed by atoms with Gasteiger partial charge in [-0.25, -0.2) is 0 Å². The van der Waals surface area contributed by atoms with Crippen molar-refractivity contribution in [2.24, 2.45) is 5.73 Å². The van der Waals surface area contributed by atoms with E-state index < -0.39 is 0 Å². The van der Waals surface area contributed by atoms with Crippen LogP contribution in [0.3, 0.4) is 0 Å². The number of likely N-dealkylation sites (tertiary alicyclic amines) is 1. The summed E-state index contributed by atoms with van der Waals surface area (Å²) in [5.74, 6) is 0.806. The molecule has 20 heavy (non-hydrogen) atoms. The lowest BCUT2D eigenvalue weighted by Crippen LogP contribution is -2.49. The maximum Gasteiger partial charge on any atom is 0.0202 e. The number of nitrogens with zero attached hydrogens (tertiary/aromatic N) is 1. The molecule has 0 saturated carbocycles. The minimum atomic E-state index is 0.177. The highest BCUT2D eigenvalue weighted by Gasteiger charge is 2.34. The Morgan fingerprint density at radius 2 is 1.20 bits per heavy atom. The number of piperidine rings is 1. The lowest BCUT2D eigenvalue weighted by Gasteiger charge is -2.41. The van der Waals surface area contributed by atoms with E-state index in [9.17, 15) is 0 Å². The monoisotopic (exact) mass is 266 g/mol. The molecule has 0 radical (unpaired) electrons. The van der Waals surface area contributed by atoms with Crippen molar-refractivity contribution in [3.63, 3.8) is 0 Å². The molecule has 0 bridgehead atoms. The number of hydrogen-bond donors (Lipinski definition) is 1. The van der Waals surface area contributed by atoms with E-state index in [1.54, 1.807) is 0 Å². The van der Waals surface area contributed by atoms with Crippen LogP contribution in [0.4, 0.5) is 0 Å². The summed E-state index contributed by atoms with van der Waals surface area (Å²) < 4.78 is 0. The van der Waals surface area contributed by atoms with Crippen molar-refractivity contribution >= 4 is 0 Å². The maximum absolute atomic E-state index is 6.62. The summed E-state index contributed by atoms with van der Waals surface area (Å²) in [6, 6.07) is 21.5. The lowest BCUT2D eigenvalue weighted by molar-refractivity contribution is 0.201. The fourth-order valence-electron chi connectivity index (χ4n) is 3.33. The van der Waals surface area contributed by atoms with Crippen LogP contribution >= 0.6 is 0 Å². The van der Waals surface area contributed by atoms with Crippen molar-refractivity contribution < 1.29 is 0 Å². The third-order valence-electron chi connectivity index (χ3n) is 4.40. The first kappa shape index (κ1) is 13.3. The van der Waals surface area contributed by atoms with E-state index in [1.165, 1.54) is 11.1 Å². The molecule has 1 fully saturated rings. The molecule has 1 aliphatic rings. The zero-order valence-electron chi connectivity index (χ0n) is 11.9. The highest BCUT2D eigenvalue weighted by molar-refractivity contribution is 5.29. The van der Waals surface area contributed by atoms with Gasteiger partial charge in [0.1, 0.15) is 0 Å². The number of rotatable bonds is 2. The highest BCUT2D eigenvalue weighted by atomic mass is 15.1. The van der Waals surface area contributed by atoms with Gasteiger partial charge < -0.3 is 10.6 Å². The minimum absolute atomic E-state index is 0.177. The Balaban J connectivity index is 1.90. The fourth-order valence-corrected chi connectivity index (χ4v) is 3.33. The molecule has 2 nitrogen and oxygen atoms in total. The summed E-state index contributed by atoms with van der Waals surface area (Å²) in [5, 5.41) is 0. The first-order valence-corrected chi connectivity index (χ1v) is 7.29. The van der Waals surface area contributed by atoms with Crippen molar-refractivity contribution in [1.82, 2.24) is 4.90 Å². The molecule has 1 aliphatic heterocycles. The third-order valence-corrected chi connectivity index (χ3v) is 4.40. The highest BCUT2D eigenvalue weighted by Crippen LogP contribution is 2.34. The number of hydrogen-bond acceptors (Lipinski definition) is 2. The predicted octanol–water partition coefficient (Wildman–Crippen LogP) is 2.83. The van der Waals surface area contributed by atoms with Crippen LogP contribution in [0.15, 0.2) is 60.7 Å². The van der Waals surface area contributed by atoms with Gasteiger partial charge in [0.15, 0.2) is 0 Å². The van der Waals surface area contributed by atoms with Gasteiger partial charge in [-0.15, -0.1) is 0 Å². The second kappa shape index (κ2) is 5.78. The van der Waals surface area contributed by atoms with Gasteiger partial charge in [0.2, 0.25) is 0 Å². The smallest absolute Gasteiger partial charge is 0.0202 e. The number of likely N-dealkylation sites (N-methyl/N-ethyl adjacent to an activating group) is 1. The van der Waals surface area contributed by atoms with E-state index in [2.05, 4.69) is 72.6 Å². The minimum Gasteiger partial charge on any atom is -0.326 e. The lowest BCUT2D eigenvalue weighted by atomic mass is 9.77. The first-order valence-electron chi connectivity index (χ1n) is 7.29. The van der Waals surface area contributed by atoms with E-state index in [0.717, 1.165) is 13.1 Å². The van der Waals surface area contributed by atoms with E-state index in [-0.39, 0.29) is 6.04 Å². The van der Waals surface area contributed by atoms with Crippen LogP contribution in [0.2, 0.25) is 0 Å². The molecule has 0 aliphatic carbocycles. The summed E-state index contributed by atoms with van der Waals surface area (Å²) in [4.78, 5) is 2.40. The number of nitrogens with two attached hydrogens (primary N) is 1. The third kappa shape index (κ3) is 2.62. The van der Waals surface area contributed by atoms with Gasteiger partial charge in [-0.2, -0.15) is 0 Å². The molecule has 3 rings (SSSR count). The summed E-state index contributed by atoms with van der Waals surface area (Å²) >= 11 is 0. The molecule has 2 unspecified atom stereocenters. The van der Waals surface area contributed by atoms with Crippen molar-refractivity contribution in [3.8, 4) is 0 Å². The van der Waals surface area contributed by atoms with Gasteiger partial charge in [0.25, 0.3) is 0 Å². The van der Waals surface area contributed by atoms with E-state index in [4.69, 9.17) is 5.73 Å². The van der Waals surface area contributed by atoms with Crippen LogP contribution in [0.5, 0.6) is 0 Å². The van der Waals surface area contributed by atoms with Gasteiger partial charge in [-0.05, 0) is 18.2 Å². The van der Waals surface area contributed by atoms with Crippen LogP contribution in [0.25, 0.3) is 0 Å². The van der Waals surface area contributed by atoms with Gasteiger partial charge >= 0.3 is 0 Å². The molecule has 2 aromatic rings. The average molecular weight is 266 g/mol. The van der Waals surface area contributed by atoms with E-state index in [0.29, 0.717) is 11.8 Å². The molecule has 104 valence electrons. The fraction of sp³-hybridized carbons (Fsp3) is 0.333. The molecular formula is C18H22N2. The summed E-state index contributed by atoms with van der Waals surface area (Å²) in [6.45, 7) is 2.07. The summed E-state index contributed by atoms with van der Waals surface area (Å²) in [6.07, 6.45) is 0. The largest absolute Gasteiger partial charge is 0.326 e. The molecular weight excluding hydrogens is 244 g/mol. The van der Waals surface area contributed by atoms with E-state index in [1.807, 2.05) is 0 Å². The van der Waals surface area contributed by atoms with Crippen molar-refractivity contribution in [3.05, 3.63) is 71.8 Å². The Labute approximate surface area is 121 Å². The molecule has 2 N–H and O–H groups in total.